The molecule has 0 saturated heterocycles. The Morgan fingerprint density at radius 3 is 2.45 bits per heavy atom. The Labute approximate surface area is 121 Å². The number of unbranched alkanes of at least 4 members (excludes halogenated alkanes) is 1. The van der Waals surface area contributed by atoms with Crippen LogP contribution in [0.15, 0.2) is 54.6 Å². The molecule has 1 heteroatoms. The second-order valence-electron chi connectivity index (χ2n) is 5.75. The van der Waals surface area contributed by atoms with E-state index in [1.54, 1.807) is 0 Å². The molecule has 0 amide bonds. The van der Waals surface area contributed by atoms with Crippen LogP contribution in [-0.4, -0.2) is 0 Å². The zero-order chi connectivity index (χ0) is 13.6. The third kappa shape index (κ3) is 4.12. The Bertz CT molecular complexity index is 528. The molecular weight excluding hydrogens is 244 g/mol. The number of rotatable bonds is 7. The quantitative estimate of drug-likeness (QED) is 0.592. The van der Waals surface area contributed by atoms with Crippen LogP contribution in [0.3, 0.4) is 0 Å². The van der Waals surface area contributed by atoms with E-state index in [4.69, 9.17) is 4.74 Å². The van der Waals surface area contributed by atoms with Crippen molar-refractivity contribution in [3.63, 3.8) is 0 Å². The van der Waals surface area contributed by atoms with E-state index in [1.807, 2.05) is 36.4 Å². The summed E-state index contributed by atoms with van der Waals surface area (Å²) in [7, 11) is 0. The lowest BCUT2D eigenvalue weighted by Crippen LogP contribution is -1.89. The summed E-state index contributed by atoms with van der Waals surface area (Å²) in [6.07, 6.45) is 8.21. The fourth-order valence-corrected chi connectivity index (χ4v) is 2.56. The molecule has 1 aliphatic carbocycles. The lowest BCUT2D eigenvalue weighted by atomic mass is 10.1. The molecular formula is C19H22O. The van der Waals surface area contributed by atoms with Crippen molar-refractivity contribution in [1.82, 2.24) is 0 Å². The lowest BCUT2D eigenvalue weighted by molar-refractivity contribution is 0.481. The number of hydrogen-bond donors (Lipinski definition) is 0. The molecule has 1 fully saturated rings. The molecule has 20 heavy (non-hydrogen) atoms. The highest BCUT2D eigenvalue weighted by atomic mass is 16.5. The third-order valence-corrected chi connectivity index (χ3v) is 3.90. The molecule has 0 bridgehead atoms. The second kappa shape index (κ2) is 6.60. The number of hydrogen-bond acceptors (Lipinski definition) is 1. The fourth-order valence-electron chi connectivity index (χ4n) is 2.56. The summed E-state index contributed by atoms with van der Waals surface area (Å²) in [6, 6.07) is 18.5. The molecule has 104 valence electrons. The van der Waals surface area contributed by atoms with Crippen molar-refractivity contribution in [2.45, 2.75) is 38.5 Å². The smallest absolute Gasteiger partial charge is 0.127 e. The number of benzene rings is 2. The van der Waals surface area contributed by atoms with Crippen LogP contribution in [0, 0.1) is 5.92 Å². The van der Waals surface area contributed by atoms with Crippen LogP contribution in [-0.2, 0) is 6.42 Å². The van der Waals surface area contributed by atoms with Gasteiger partial charge in [0.15, 0.2) is 0 Å². The van der Waals surface area contributed by atoms with Crippen LogP contribution in [0.5, 0.6) is 11.5 Å². The van der Waals surface area contributed by atoms with Gasteiger partial charge < -0.3 is 4.74 Å². The van der Waals surface area contributed by atoms with Gasteiger partial charge in [-0.25, -0.2) is 0 Å². The fraction of sp³-hybridized carbons (Fsp3) is 0.368. The first kappa shape index (κ1) is 13.2. The molecule has 0 heterocycles. The van der Waals surface area contributed by atoms with Gasteiger partial charge in [0.25, 0.3) is 0 Å². The van der Waals surface area contributed by atoms with E-state index in [2.05, 4.69) is 18.2 Å². The minimum atomic E-state index is 0.901. The van der Waals surface area contributed by atoms with Crippen LogP contribution < -0.4 is 4.74 Å². The highest BCUT2D eigenvalue weighted by Gasteiger charge is 2.19. The van der Waals surface area contributed by atoms with Crippen LogP contribution >= 0.6 is 0 Å². The Morgan fingerprint density at radius 1 is 0.850 bits per heavy atom. The Hall–Kier alpha value is -1.76. The van der Waals surface area contributed by atoms with E-state index >= 15 is 0 Å². The summed E-state index contributed by atoms with van der Waals surface area (Å²) in [4.78, 5) is 0. The molecule has 0 radical (unpaired) electrons. The molecule has 0 N–H and O–H groups in total. The summed E-state index contributed by atoms with van der Waals surface area (Å²) < 4.78 is 5.87. The van der Waals surface area contributed by atoms with Crippen LogP contribution in [0.4, 0.5) is 0 Å². The number of ether oxygens (including phenoxy) is 1. The Morgan fingerprint density at radius 2 is 1.65 bits per heavy atom. The number of para-hydroxylation sites is 1. The van der Waals surface area contributed by atoms with Crippen LogP contribution in [0.25, 0.3) is 0 Å². The highest BCUT2D eigenvalue weighted by Crippen LogP contribution is 2.34. The number of aryl methyl sites for hydroxylation is 1. The lowest BCUT2D eigenvalue weighted by Gasteiger charge is -2.07. The molecule has 0 aromatic heterocycles. The van der Waals surface area contributed by atoms with E-state index in [0.717, 1.165) is 17.4 Å². The molecule has 0 aliphatic heterocycles. The van der Waals surface area contributed by atoms with Crippen molar-refractivity contribution in [3.05, 3.63) is 60.2 Å². The zero-order valence-corrected chi connectivity index (χ0v) is 11.9. The molecule has 3 rings (SSSR count). The van der Waals surface area contributed by atoms with Gasteiger partial charge in [0.2, 0.25) is 0 Å². The summed E-state index contributed by atoms with van der Waals surface area (Å²) in [5, 5.41) is 0. The minimum absolute atomic E-state index is 0.901. The van der Waals surface area contributed by atoms with E-state index in [1.165, 1.54) is 44.1 Å². The maximum atomic E-state index is 5.87. The van der Waals surface area contributed by atoms with Gasteiger partial charge in [-0.1, -0.05) is 56.0 Å². The zero-order valence-electron chi connectivity index (χ0n) is 11.9. The van der Waals surface area contributed by atoms with E-state index in [0.29, 0.717) is 0 Å². The summed E-state index contributed by atoms with van der Waals surface area (Å²) >= 11 is 0. The maximum absolute atomic E-state index is 5.87. The van der Waals surface area contributed by atoms with Gasteiger partial charge in [-0.3, -0.25) is 0 Å². The topological polar surface area (TPSA) is 9.23 Å². The molecule has 0 spiro atoms. The molecule has 1 saturated carbocycles. The van der Waals surface area contributed by atoms with Crippen molar-refractivity contribution in [2.75, 3.05) is 0 Å². The molecule has 1 aliphatic rings. The molecule has 0 atom stereocenters. The van der Waals surface area contributed by atoms with Crippen LogP contribution in [0.1, 0.15) is 37.7 Å². The van der Waals surface area contributed by atoms with Gasteiger partial charge in [0, 0.05) is 0 Å². The minimum Gasteiger partial charge on any atom is -0.457 e. The Balaban J connectivity index is 1.52. The van der Waals surface area contributed by atoms with Gasteiger partial charge in [0.05, 0.1) is 0 Å². The predicted octanol–water partition coefficient (Wildman–Crippen LogP) is 5.60. The average Bonchev–Trinajstić information content (AvgIpc) is 3.29. The second-order valence-corrected chi connectivity index (χ2v) is 5.75. The normalized spacial score (nSPS) is 14.2. The first-order valence-electron chi connectivity index (χ1n) is 7.72. The van der Waals surface area contributed by atoms with Crippen molar-refractivity contribution in [2.24, 2.45) is 5.92 Å². The highest BCUT2D eigenvalue weighted by molar-refractivity contribution is 5.33. The predicted molar refractivity (Wildman–Crippen MR) is 83.2 cm³/mol. The van der Waals surface area contributed by atoms with Gasteiger partial charge >= 0.3 is 0 Å². The third-order valence-electron chi connectivity index (χ3n) is 3.90. The van der Waals surface area contributed by atoms with E-state index in [9.17, 15) is 0 Å². The van der Waals surface area contributed by atoms with E-state index in [-0.39, 0.29) is 0 Å². The summed E-state index contributed by atoms with van der Waals surface area (Å²) in [5.74, 6) is 2.90. The molecule has 0 unspecified atom stereocenters. The van der Waals surface area contributed by atoms with Crippen molar-refractivity contribution in [3.8, 4) is 11.5 Å². The van der Waals surface area contributed by atoms with Crippen LogP contribution in [0.2, 0.25) is 0 Å². The van der Waals surface area contributed by atoms with Crippen molar-refractivity contribution < 1.29 is 4.74 Å². The van der Waals surface area contributed by atoms with E-state index < -0.39 is 0 Å². The molecule has 2 aromatic rings. The largest absolute Gasteiger partial charge is 0.457 e. The van der Waals surface area contributed by atoms with Crippen molar-refractivity contribution >= 4 is 0 Å². The first-order valence-corrected chi connectivity index (χ1v) is 7.72. The van der Waals surface area contributed by atoms with Crippen molar-refractivity contribution in [1.29, 1.82) is 0 Å². The first-order chi connectivity index (χ1) is 9.90. The molecule has 1 nitrogen and oxygen atoms in total. The maximum Gasteiger partial charge on any atom is 0.127 e. The van der Waals surface area contributed by atoms with Gasteiger partial charge in [0.1, 0.15) is 11.5 Å². The van der Waals surface area contributed by atoms with Gasteiger partial charge in [-0.2, -0.15) is 0 Å². The summed E-state index contributed by atoms with van der Waals surface area (Å²) in [5.41, 5.74) is 1.38. The van der Waals surface area contributed by atoms with Gasteiger partial charge in [-0.15, -0.1) is 0 Å². The van der Waals surface area contributed by atoms with Gasteiger partial charge in [-0.05, 0) is 48.6 Å². The average molecular weight is 266 g/mol. The standard InChI is InChI=1S/C19H22O/c1-2-10-18(11-3-1)20-19-12-6-9-17(15-19)8-5-4-7-16-13-14-16/h1-3,6,9-12,15-16H,4-5,7-8,13-14H2. The SMILES string of the molecule is c1ccc(Oc2cccc(CCCCC3CC3)c2)cc1. The summed E-state index contributed by atoms with van der Waals surface area (Å²) in [6.45, 7) is 0. The Kier molecular flexibility index (Phi) is 4.37. The monoisotopic (exact) mass is 266 g/mol. The molecule has 2 aromatic carbocycles.